The molecule has 3 heteroatoms. The highest BCUT2D eigenvalue weighted by molar-refractivity contribution is 6.27. The number of nitrogens with zero attached hydrogens (tertiary/aromatic N) is 1. The minimum Gasteiger partial charge on any atom is -0.336 e. The molecule has 0 saturated carbocycles. The Labute approximate surface area is 71.5 Å². The number of hydrogen-bond acceptors (Lipinski definition) is 1. The summed E-state index contributed by atoms with van der Waals surface area (Å²) in [6, 6.07) is 1.07. The molecule has 0 spiro atoms. The Bertz CT molecular complexity index is 163. The second-order valence-corrected chi connectivity index (χ2v) is 3.66. The van der Waals surface area contributed by atoms with Crippen LogP contribution in [0.5, 0.6) is 0 Å². The molecule has 0 aromatic carbocycles. The number of alkyl halides is 1. The predicted molar refractivity (Wildman–Crippen MR) is 43.6 cm³/mol. The van der Waals surface area contributed by atoms with Crippen molar-refractivity contribution in [2.45, 2.75) is 37.8 Å². The largest absolute Gasteiger partial charge is 0.336 e. The summed E-state index contributed by atoms with van der Waals surface area (Å²) in [6.07, 6.45) is 4.81. The van der Waals surface area contributed by atoms with Gasteiger partial charge in [0, 0.05) is 12.1 Å². The molecule has 2 fully saturated rings. The van der Waals surface area contributed by atoms with Crippen molar-refractivity contribution in [3.63, 3.8) is 0 Å². The molecular weight excluding hydrogens is 162 g/mol. The molecule has 11 heavy (non-hydrogen) atoms. The first kappa shape index (κ1) is 7.41. The van der Waals surface area contributed by atoms with Crippen LogP contribution in [0.3, 0.4) is 0 Å². The molecule has 2 nitrogen and oxygen atoms in total. The van der Waals surface area contributed by atoms with Crippen molar-refractivity contribution in [2.75, 3.05) is 5.88 Å². The first-order chi connectivity index (χ1) is 5.33. The van der Waals surface area contributed by atoms with Gasteiger partial charge in [0.2, 0.25) is 5.91 Å². The summed E-state index contributed by atoms with van der Waals surface area (Å²) in [6.45, 7) is 0. The Morgan fingerprint density at radius 2 is 1.73 bits per heavy atom. The van der Waals surface area contributed by atoms with Gasteiger partial charge < -0.3 is 4.90 Å². The number of rotatable bonds is 1. The SMILES string of the molecule is O=C(CCl)N1C2CCC1CC2. The maximum absolute atomic E-state index is 11.3. The molecule has 0 aliphatic carbocycles. The van der Waals surface area contributed by atoms with Crippen LogP contribution in [-0.4, -0.2) is 28.8 Å². The molecule has 0 radical (unpaired) electrons. The lowest BCUT2D eigenvalue weighted by Crippen LogP contribution is -2.35. The maximum atomic E-state index is 11.3. The van der Waals surface area contributed by atoms with E-state index in [0.717, 1.165) is 0 Å². The third kappa shape index (κ3) is 1.04. The lowest BCUT2D eigenvalue weighted by molar-refractivity contribution is -0.129. The van der Waals surface area contributed by atoms with E-state index >= 15 is 0 Å². The number of halogens is 1. The summed E-state index contributed by atoms with van der Waals surface area (Å²) in [5.41, 5.74) is 0. The molecule has 0 aromatic heterocycles. The molecule has 2 rings (SSSR count). The van der Waals surface area contributed by atoms with Crippen LogP contribution in [0.2, 0.25) is 0 Å². The minimum atomic E-state index is 0.136. The molecule has 0 N–H and O–H groups in total. The van der Waals surface area contributed by atoms with E-state index in [1.165, 1.54) is 25.7 Å². The van der Waals surface area contributed by atoms with Crippen molar-refractivity contribution < 1.29 is 4.79 Å². The quantitative estimate of drug-likeness (QED) is 0.549. The van der Waals surface area contributed by atoms with E-state index in [0.29, 0.717) is 12.1 Å². The zero-order valence-corrected chi connectivity index (χ0v) is 7.18. The van der Waals surface area contributed by atoms with E-state index in [4.69, 9.17) is 11.6 Å². The van der Waals surface area contributed by atoms with Crippen molar-refractivity contribution in [3.8, 4) is 0 Å². The topological polar surface area (TPSA) is 20.3 Å². The fourth-order valence-electron chi connectivity index (χ4n) is 2.39. The second-order valence-electron chi connectivity index (χ2n) is 3.40. The maximum Gasteiger partial charge on any atom is 0.237 e. The molecule has 62 valence electrons. The van der Waals surface area contributed by atoms with Gasteiger partial charge in [-0.3, -0.25) is 4.79 Å². The summed E-state index contributed by atoms with van der Waals surface area (Å²) in [5.74, 6) is 0.296. The lowest BCUT2D eigenvalue weighted by atomic mass is 10.0. The molecule has 0 aromatic rings. The van der Waals surface area contributed by atoms with Crippen molar-refractivity contribution in [2.24, 2.45) is 0 Å². The summed E-state index contributed by atoms with van der Waals surface area (Å²) < 4.78 is 0. The average molecular weight is 174 g/mol. The molecule has 0 atom stereocenters. The van der Waals surface area contributed by atoms with Gasteiger partial charge >= 0.3 is 0 Å². The van der Waals surface area contributed by atoms with Crippen molar-refractivity contribution >= 4 is 17.5 Å². The first-order valence-electron chi connectivity index (χ1n) is 4.20. The summed E-state index contributed by atoms with van der Waals surface area (Å²) in [5, 5.41) is 0. The van der Waals surface area contributed by atoms with E-state index < -0.39 is 0 Å². The van der Waals surface area contributed by atoms with E-state index in [-0.39, 0.29) is 11.8 Å². The van der Waals surface area contributed by atoms with Gasteiger partial charge in [-0.1, -0.05) is 0 Å². The number of amides is 1. The number of hydrogen-bond donors (Lipinski definition) is 0. The average Bonchev–Trinajstić information content (AvgIpc) is 2.61. The monoisotopic (exact) mass is 173 g/mol. The summed E-state index contributed by atoms with van der Waals surface area (Å²) in [4.78, 5) is 13.3. The third-order valence-corrected chi connectivity index (χ3v) is 3.08. The molecule has 2 aliphatic heterocycles. The summed E-state index contributed by atoms with van der Waals surface area (Å²) >= 11 is 5.50. The van der Waals surface area contributed by atoms with E-state index in [2.05, 4.69) is 0 Å². The zero-order chi connectivity index (χ0) is 7.84. The van der Waals surface area contributed by atoms with Crippen molar-refractivity contribution in [1.29, 1.82) is 0 Å². The number of fused-ring (bicyclic) bond motifs is 2. The normalized spacial score (nSPS) is 34.8. The number of carbonyl (C=O) groups excluding carboxylic acids is 1. The highest BCUT2D eigenvalue weighted by Crippen LogP contribution is 2.37. The predicted octanol–water partition coefficient (Wildman–Crippen LogP) is 1.38. The van der Waals surface area contributed by atoms with E-state index in [1.807, 2.05) is 4.90 Å². The van der Waals surface area contributed by atoms with Crippen LogP contribution in [0.15, 0.2) is 0 Å². The molecule has 0 unspecified atom stereocenters. The van der Waals surface area contributed by atoms with Gasteiger partial charge in [-0.25, -0.2) is 0 Å². The van der Waals surface area contributed by atoms with Gasteiger partial charge in [0.1, 0.15) is 5.88 Å². The van der Waals surface area contributed by atoms with Crippen molar-refractivity contribution in [1.82, 2.24) is 4.90 Å². The van der Waals surface area contributed by atoms with Crippen LogP contribution in [0.4, 0.5) is 0 Å². The third-order valence-electron chi connectivity index (χ3n) is 2.86. The Morgan fingerprint density at radius 1 is 1.27 bits per heavy atom. The summed E-state index contributed by atoms with van der Waals surface area (Å²) in [7, 11) is 0. The van der Waals surface area contributed by atoms with Gasteiger partial charge in [-0.15, -0.1) is 11.6 Å². The van der Waals surface area contributed by atoms with Crippen LogP contribution in [-0.2, 0) is 4.79 Å². The number of carbonyl (C=O) groups is 1. The Hall–Kier alpha value is -0.240. The van der Waals surface area contributed by atoms with Gasteiger partial charge in [0.05, 0.1) is 0 Å². The van der Waals surface area contributed by atoms with Crippen LogP contribution < -0.4 is 0 Å². The first-order valence-corrected chi connectivity index (χ1v) is 4.73. The van der Waals surface area contributed by atoms with Gasteiger partial charge in [0.25, 0.3) is 0 Å². The second kappa shape index (κ2) is 2.67. The van der Waals surface area contributed by atoms with Gasteiger partial charge in [-0.2, -0.15) is 0 Å². The fraction of sp³-hybridized carbons (Fsp3) is 0.875. The standard InChI is InChI=1S/C8H12ClNO/c9-5-8(11)10-6-1-2-7(10)4-3-6/h6-7H,1-5H2. The highest BCUT2D eigenvalue weighted by atomic mass is 35.5. The van der Waals surface area contributed by atoms with Gasteiger partial charge in [-0.05, 0) is 25.7 Å². The highest BCUT2D eigenvalue weighted by Gasteiger charge is 2.41. The van der Waals surface area contributed by atoms with E-state index in [9.17, 15) is 4.79 Å². The Kier molecular flexibility index (Phi) is 1.80. The molecular formula is C8H12ClNO. The van der Waals surface area contributed by atoms with Gasteiger partial charge in [0.15, 0.2) is 0 Å². The van der Waals surface area contributed by atoms with Crippen LogP contribution >= 0.6 is 11.6 Å². The zero-order valence-electron chi connectivity index (χ0n) is 6.42. The molecule has 2 bridgehead atoms. The smallest absolute Gasteiger partial charge is 0.237 e. The molecule has 2 heterocycles. The Balaban J connectivity index is 2.09. The fourth-order valence-corrected chi connectivity index (χ4v) is 2.53. The van der Waals surface area contributed by atoms with Crippen LogP contribution in [0.1, 0.15) is 25.7 Å². The van der Waals surface area contributed by atoms with Crippen LogP contribution in [0.25, 0.3) is 0 Å². The molecule has 1 amide bonds. The lowest BCUT2D eigenvalue weighted by Gasteiger charge is -2.20. The minimum absolute atomic E-state index is 0.136. The van der Waals surface area contributed by atoms with Crippen LogP contribution in [0, 0.1) is 0 Å². The van der Waals surface area contributed by atoms with E-state index in [1.54, 1.807) is 0 Å². The Morgan fingerprint density at radius 3 is 2.09 bits per heavy atom. The molecule has 2 saturated heterocycles. The van der Waals surface area contributed by atoms with Crippen molar-refractivity contribution in [3.05, 3.63) is 0 Å². The molecule has 2 aliphatic rings.